The van der Waals surface area contributed by atoms with Gasteiger partial charge in [0, 0.05) is 46.3 Å². The van der Waals surface area contributed by atoms with Crippen LogP contribution >= 0.6 is 11.3 Å². The lowest BCUT2D eigenvalue weighted by Crippen LogP contribution is -1.95. The summed E-state index contributed by atoms with van der Waals surface area (Å²) in [5.74, 6) is 0.778. The fraction of sp³-hybridized carbons (Fsp3) is 0.0526. The Hall–Kier alpha value is -3.12. The van der Waals surface area contributed by atoms with Gasteiger partial charge in [-0.25, -0.2) is 15.0 Å². The van der Waals surface area contributed by atoms with Crippen LogP contribution < -0.4 is 5.32 Å². The SMILES string of the molecule is Cc1cc(Nc2cccc(-c3csc(-c4ccncc4)n3)c2)ncn1. The number of nitrogens with zero attached hydrogens (tertiary/aromatic N) is 4. The smallest absolute Gasteiger partial charge is 0.133 e. The number of aryl methyl sites for hydroxylation is 1. The van der Waals surface area contributed by atoms with Crippen molar-refractivity contribution in [1.29, 1.82) is 0 Å². The molecule has 3 aromatic heterocycles. The Bertz CT molecular complexity index is 997. The second-order valence-corrected chi connectivity index (χ2v) is 6.38. The van der Waals surface area contributed by atoms with Crippen LogP contribution in [-0.2, 0) is 0 Å². The van der Waals surface area contributed by atoms with E-state index < -0.39 is 0 Å². The van der Waals surface area contributed by atoms with Crippen molar-refractivity contribution < 1.29 is 0 Å². The van der Waals surface area contributed by atoms with Gasteiger partial charge in [0.25, 0.3) is 0 Å². The van der Waals surface area contributed by atoms with E-state index in [1.807, 2.05) is 37.3 Å². The van der Waals surface area contributed by atoms with Crippen molar-refractivity contribution in [3.05, 3.63) is 72.3 Å². The van der Waals surface area contributed by atoms with Crippen molar-refractivity contribution in [1.82, 2.24) is 19.9 Å². The summed E-state index contributed by atoms with van der Waals surface area (Å²) in [6.45, 7) is 1.94. The molecule has 0 amide bonds. The van der Waals surface area contributed by atoms with Crippen molar-refractivity contribution in [2.45, 2.75) is 6.92 Å². The molecule has 122 valence electrons. The monoisotopic (exact) mass is 345 g/mol. The van der Waals surface area contributed by atoms with Crippen molar-refractivity contribution in [2.75, 3.05) is 5.32 Å². The summed E-state index contributed by atoms with van der Waals surface area (Å²) in [5, 5.41) is 6.37. The molecule has 0 radical (unpaired) electrons. The van der Waals surface area contributed by atoms with E-state index >= 15 is 0 Å². The maximum atomic E-state index is 4.75. The number of thiazole rings is 1. The summed E-state index contributed by atoms with van der Waals surface area (Å²) in [6.07, 6.45) is 5.12. The molecule has 1 N–H and O–H groups in total. The summed E-state index contributed by atoms with van der Waals surface area (Å²) in [7, 11) is 0. The van der Waals surface area contributed by atoms with Crippen LogP contribution in [0.3, 0.4) is 0 Å². The standard InChI is InChI=1S/C19H15N5S/c1-13-9-18(22-12-21-13)23-16-4-2-3-15(10-16)17-11-25-19(24-17)14-5-7-20-8-6-14/h2-12H,1H3,(H,21,22,23). The molecule has 0 aliphatic heterocycles. The van der Waals surface area contributed by atoms with Gasteiger partial charge in [0.2, 0.25) is 0 Å². The first-order chi connectivity index (χ1) is 12.3. The molecule has 4 rings (SSSR count). The fourth-order valence-corrected chi connectivity index (χ4v) is 3.30. The molecule has 0 aliphatic carbocycles. The highest BCUT2D eigenvalue weighted by Gasteiger charge is 2.07. The molecule has 0 saturated heterocycles. The summed E-state index contributed by atoms with van der Waals surface area (Å²) in [5.41, 5.74) is 4.99. The zero-order valence-electron chi connectivity index (χ0n) is 13.5. The minimum atomic E-state index is 0.778. The molecule has 6 heteroatoms. The molecule has 0 saturated carbocycles. The average Bonchev–Trinajstić information content (AvgIpc) is 3.13. The Morgan fingerprint density at radius 2 is 1.84 bits per heavy atom. The Morgan fingerprint density at radius 1 is 0.960 bits per heavy atom. The third-order valence-corrected chi connectivity index (χ3v) is 4.56. The lowest BCUT2D eigenvalue weighted by molar-refractivity contribution is 1.10. The molecule has 0 aliphatic rings. The lowest BCUT2D eigenvalue weighted by Gasteiger charge is -2.07. The number of hydrogen-bond donors (Lipinski definition) is 1. The van der Waals surface area contributed by atoms with Gasteiger partial charge in [0.15, 0.2) is 0 Å². The van der Waals surface area contributed by atoms with E-state index in [2.05, 4.69) is 37.8 Å². The van der Waals surface area contributed by atoms with Crippen LogP contribution in [-0.4, -0.2) is 19.9 Å². The molecule has 0 spiro atoms. The molecule has 0 bridgehead atoms. The Balaban J connectivity index is 1.60. The minimum Gasteiger partial charge on any atom is -0.340 e. The van der Waals surface area contributed by atoms with E-state index in [0.717, 1.165) is 39.0 Å². The van der Waals surface area contributed by atoms with Crippen molar-refractivity contribution >= 4 is 22.8 Å². The first-order valence-corrected chi connectivity index (χ1v) is 8.68. The van der Waals surface area contributed by atoms with Crippen molar-refractivity contribution in [2.24, 2.45) is 0 Å². The molecule has 25 heavy (non-hydrogen) atoms. The zero-order valence-corrected chi connectivity index (χ0v) is 14.4. The number of nitrogens with one attached hydrogen (secondary N) is 1. The van der Waals surface area contributed by atoms with Gasteiger partial charge in [0.05, 0.1) is 5.69 Å². The van der Waals surface area contributed by atoms with Gasteiger partial charge in [-0.3, -0.25) is 4.98 Å². The van der Waals surface area contributed by atoms with Crippen LogP contribution in [0.15, 0.2) is 66.6 Å². The van der Waals surface area contributed by atoms with Crippen molar-refractivity contribution in [3.8, 4) is 21.8 Å². The second kappa shape index (κ2) is 6.78. The van der Waals surface area contributed by atoms with Crippen molar-refractivity contribution in [3.63, 3.8) is 0 Å². The quantitative estimate of drug-likeness (QED) is 0.580. The maximum absolute atomic E-state index is 4.75. The van der Waals surface area contributed by atoms with E-state index in [9.17, 15) is 0 Å². The molecule has 0 atom stereocenters. The third-order valence-electron chi connectivity index (χ3n) is 3.67. The lowest BCUT2D eigenvalue weighted by atomic mass is 10.1. The molecular formula is C19H15N5S. The summed E-state index contributed by atoms with van der Waals surface area (Å²) < 4.78 is 0. The van der Waals surface area contributed by atoms with Gasteiger partial charge in [-0.1, -0.05) is 12.1 Å². The summed E-state index contributed by atoms with van der Waals surface area (Å²) >= 11 is 1.63. The molecule has 1 aromatic carbocycles. The maximum Gasteiger partial charge on any atom is 0.133 e. The number of rotatable bonds is 4. The number of aromatic nitrogens is 4. The molecule has 5 nitrogen and oxygen atoms in total. The molecule has 0 unspecified atom stereocenters. The van der Waals surface area contributed by atoms with E-state index in [0.29, 0.717) is 0 Å². The highest BCUT2D eigenvalue weighted by Crippen LogP contribution is 2.30. The highest BCUT2D eigenvalue weighted by molar-refractivity contribution is 7.13. The van der Waals surface area contributed by atoms with Gasteiger partial charge in [0.1, 0.15) is 17.2 Å². The van der Waals surface area contributed by atoms with Gasteiger partial charge >= 0.3 is 0 Å². The number of pyridine rings is 1. The topological polar surface area (TPSA) is 63.6 Å². The van der Waals surface area contributed by atoms with Gasteiger partial charge in [-0.2, -0.15) is 0 Å². The first kappa shape index (κ1) is 15.4. The Morgan fingerprint density at radius 3 is 2.68 bits per heavy atom. The summed E-state index contributed by atoms with van der Waals surface area (Å²) in [4.78, 5) is 17.2. The van der Waals surface area contributed by atoms with Crippen LogP contribution in [0.2, 0.25) is 0 Å². The fourth-order valence-electron chi connectivity index (χ4n) is 2.46. The number of hydrogen-bond acceptors (Lipinski definition) is 6. The van der Waals surface area contributed by atoms with E-state index in [4.69, 9.17) is 4.98 Å². The van der Waals surface area contributed by atoms with E-state index in [1.54, 1.807) is 30.1 Å². The van der Waals surface area contributed by atoms with Crippen LogP contribution in [0.1, 0.15) is 5.69 Å². The normalized spacial score (nSPS) is 10.6. The molecule has 0 fully saturated rings. The first-order valence-electron chi connectivity index (χ1n) is 7.80. The minimum absolute atomic E-state index is 0.778. The molecule has 4 aromatic rings. The van der Waals surface area contributed by atoms with Gasteiger partial charge in [-0.15, -0.1) is 11.3 Å². The van der Waals surface area contributed by atoms with Crippen LogP contribution in [0, 0.1) is 6.92 Å². The third kappa shape index (κ3) is 3.54. The molecular weight excluding hydrogens is 330 g/mol. The molecule has 3 heterocycles. The number of benzene rings is 1. The Kier molecular flexibility index (Phi) is 4.18. The second-order valence-electron chi connectivity index (χ2n) is 5.52. The predicted molar refractivity (Wildman–Crippen MR) is 101 cm³/mol. The zero-order chi connectivity index (χ0) is 17.1. The van der Waals surface area contributed by atoms with E-state index in [-0.39, 0.29) is 0 Å². The van der Waals surface area contributed by atoms with Crippen LogP contribution in [0.4, 0.5) is 11.5 Å². The largest absolute Gasteiger partial charge is 0.340 e. The highest BCUT2D eigenvalue weighted by atomic mass is 32.1. The average molecular weight is 345 g/mol. The van der Waals surface area contributed by atoms with Gasteiger partial charge < -0.3 is 5.32 Å². The van der Waals surface area contributed by atoms with Crippen LogP contribution in [0.5, 0.6) is 0 Å². The Labute approximate surface area is 149 Å². The van der Waals surface area contributed by atoms with E-state index in [1.165, 1.54) is 0 Å². The van der Waals surface area contributed by atoms with Gasteiger partial charge in [-0.05, 0) is 31.2 Å². The predicted octanol–water partition coefficient (Wildman–Crippen LogP) is 4.71. The summed E-state index contributed by atoms with van der Waals surface area (Å²) in [6, 6.07) is 14.0. The van der Waals surface area contributed by atoms with Crippen LogP contribution in [0.25, 0.3) is 21.8 Å². The number of anilines is 2.